The van der Waals surface area contributed by atoms with E-state index in [1.165, 1.54) is 89.9 Å². The molecule has 0 heterocycles. The lowest BCUT2D eigenvalue weighted by molar-refractivity contribution is -0.890. The van der Waals surface area contributed by atoms with E-state index in [9.17, 15) is 22.1 Å². The first-order valence-corrected chi connectivity index (χ1v) is 12.4. The first-order chi connectivity index (χ1) is 14.9. The number of hydrogen-bond acceptors (Lipinski definition) is 2. The van der Waals surface area contributed by atoms with Crippen molar-refractivity contribution in [3.8, 4) is 0 Å². The zero-order valence-electron chi connectivity index (χ0n) is 21.1. The number of esters is 1. The Morgan fingerprint density at radius 3 is 1.44 bits per heavy atom. The molecule has 0 aromatic heterocycles. The zero-order chi connectivity index (χ0) is 24.9. The van der Waals surface area contributed by atoms with E-state index in [2.05, 4.69) is 27.6 Å². The van der Waals surface area contributed by atoms with Crippen molar-refractivity contribution in [3.63, 3.8) is 0 Å². The standard InChI is InChI=1S/C24H48NO2.BF4/c1-6-7-8-9-10-11-12-13-14-15-16-17-18-19-20-25(4,5)21-22-27-24(26)23(2)3;2-1(3,4)5/h2,6-22H2,1,3-5H3;/q+1;-1. The fourth-order valence-electron chi connectivity index (χ4n) is 3.35. The third kappa shape index (κ3) is 31.1. The summed E-state index contributed by atoms with van der Waals surface area (Å²) in [4.78, 5) is 11.4. The van der Waals surface area contributed by atoms with Crippen LogP contribution >= 0.6 is 0 Å². The van der Waals surface area contributed by atoms with Crippen molar-refractivity contribution in [2.24, 2.45) is 0 Å². The maximum absolute atomic E-state index is 11.4. The van der Waals surface area contributed by atoms with Gasteiger partial charge in [-0.05, 0) is 19.8 Å². The van der Waals surface area contributed by atoms with Crippen LogP contribution in [-0.2, 0) is 9.53 Å². The summed E-state index contributed by atoms with van der Waals surface area (Å²) in [6, 6.07) is 0. The van der Waals surface area contributed by atoms with Gasteiger partial charge in [-0.2, -0.15) is 0 Å². The number of unbranched alkanes of at least 4 members (excludes halogenated alkanes) is 13. The molecular formula is C24H48BF4NO2. The molecule has 192 valence electrons. The van der Waals surface area contributed by atoms with Gasteiger partial charge in [0.15, 0.2) is 0 Å². The van der Waals surface area contributed by atoms with E-state index in [1.54, 1.807) is 6.92 Å². The number of carbonyl (C=O) groups excluding carboxylic acids is 1. The SMILES string of the molecule is C=C(C)C(=O)OCC[N+](C)(C)CCCCCCCCCCCCCCCC.F[B-](F)(F)F. The van der Waals surface area contributed by atoms with Gasteiger partial charge in [0.25, 0.3) is 0 Å². The highest BCUT2D eigenvalue weighted by atomic mass is 19.5. The molecule has 0 unspecified atom stereocenters. The molecule has 0 rings (SSSR count). The molecule has 0 aliphatic heterocycles. The van der Waals surface area contributed by atoms with Crippen LogP contribution in [0.1, 0.15) is 104 Å². The third-order valence-corrected chi connectivity index (χ3v) is 5.40. The van der Waals surface area contributed by atoms with Crippen molar-refractivity contribution in [2.45, 2.75) is 104 Å². The fraction of sp³-hybridized carbons (Fsp3) is 0.875. The molecule has 0 aliphatic rings. The predicted octanol–water partition coefficient (Wildman–Crippen LogP) is 7.96. The number of likely N-dealkylation sites (N-methyl/N-ethyl adjacent to an activating group) is 1. The van der Waals surface area contributed by atoms with Gasteiger partial charge in [0.2, 0.25) is 0 Å². The fourth-order valence-corrected chi connectivity index (χ4v) is 3.35. The van der Waals surface area contributed by atoms with Gasteiger partial charge in [-0.3, -0.25) is 0 Å². The Balaban J connectivity index is 0. The van der Waals surface area contributed by atoms with E-state index < -0.39 is 7.25 Å². The highest BCUT2D eigenvalue weighted by molar-refractivity contribution is 6.50. The summed E-state index contributed by atoms with van der Waals surface area (Å²) in [5.41, 5.74) is 0.479. The Labute approximate surface area is 194 Å². The molecule has 32 heavy (non-hydrogen) atoms. The number of quaternary nitrogens is 1. The van der Waals surface area contributed by atoms with E-state index in [0.717, 1.165) is 17.6 Å². The molecule has 0 saturated heterocycles. The summed E-state index contributed by atoms with van der Waals surface area (Å²) in [5.74, 6) is -0.272. The average molecular weight is 469 g/mol. The monoisotopic (exact) mass is 469 g/mol. The minimum absolute atomic E-state index is 0.272. The molecule has 0 bridgehead atoms. The van der Waals surface area contributed by atoms with Gasteiger partial charge in [0.1, 0.15) is 13.2 Å². The molecule has 0 aromatic rings. The highest BCUT2D eigenvalue weighted by Gasteiger charge is 2.20. The second-order valence-corrected chi connectivity index (χ2v) is 9.39. The van der Waals surface area contributed by atoms with Gasteiger partial charge in [-0.15, -0.1) is 0 Å². The van der Waals surface area contributed by atoms with Gasteiger partial charge in [0.05, 0.1) is 20.6 Å². The largest absolute Gasteiger partial charge is 0.673 e. The Bertz CT molecular complexity index is 465. The van der Waals surface area contributed by atoms with Crippen molar-refractivity contribution >= 4 is 13.2 Å². The summed E-state index contributed by atoms with van der Waals surface area (Å²) in [6.45, 7) is 10.1. The molecule has 0 N–H and O–H groups in total. The summed E-state index contributed by atoms with van der Waals surface area (Å²) >= 11 is 0. The van der Waals surface area contributed by atoms with Gasteiger partial charge in [-0.1, -0.05) is 90.6 Å². The molecule has 0 aromatic carbocycles. The zero-order valence-corrected chi connectivity index (χ0v) is 21.1. The lowest BCUT2D eigenvalue weighted by Gasteiger charge is -2.29. The number of hydrogen-bond donors (Lipinski definition) is 0. The van der Waals surface area contributed by atoms with Crippen molar-refractivity contribution in [3.05, 3.63) is 12.2 Å². The van der Waals surface area contributed by atoms with Crippen LogP contribution in [0.3, 0.4) is 0 Å². The topological polar surface area (TPSA) is 26.3 Å². The number of rotatable bonds is 19. The lowest BCUT2D eigenvalue weighted by atomic mass is 10.0. The summed E-state index contributed by atoms with van der Waals surface area (Å²) in [6.07, 6.45) is 19.6. The van der Waals surface area contributed by atoms with Gasteiger partial charge in [0, 0.05) is 5.57 Å². The third-order valence-electron chi connectivity index (χ3n) is 5.40. The van der Waals surface area contributed by atoms with Crippen molar-refractivity contribution < 1.29 is 31.3 Å². The van der Waals surface area contributed by atoms with Crippen molar-refractivity contribution in [1.82, 2.24) is 0 Å². The van der Waals surface area contributed by atoms with Crippen LogP contribution in [0, 0.1) is 0 Å². The second kappa shape index (κ2) is 20.6. The van der Waals surface area contributed by atoms with Crippen molar-refractivity contribution in [2.75, 3.05) is 33.8 Å². The van der Waals surface area contributed by atoms with Crippen LogP contribution in [0.5, 0.6) is 0 Å². The number of ether oxygens (including phenoxy) is 1. The summed E-state index contributed by atoms with van der Waals surface area (Å²) in [7, 11) is -1.56. The molecule has 3 nitrogen and oxygen atoms in total. The molecule has 0 saturated carbocycles. The van der Waals surface area contributed by atoms with Gasteiger partial charge >= 0.3 is 13.2 Å². The summed E-state index contributed by atoms with van der Waals surface area (Å²) < 4.78 is 45.1. The molecule has 0 spiro atoms. The highest BCUT2D eigenvalue weighted by Crippen LogP contribution is 2.13. The number of halogens is 4. The summed E-state index contributed by atoms with van der Waals surface area (Å²) in [5, 5.41) is 0. The molecule has 8 heteroatoms. The van der Waals surface area contributed by atoms with Crippen LogP contribution in [-0.4, -0.2) is 51.5 Å². The Hall–Kier alpha value is -1.05. The van der Waals surface area contributed by atoms with E-state index in [-0.39, 0.29) is 5.97 Å². The quantitative estimate of drug-likeness (QED) is 0.0479. The Morgan fingerprint density at radius 2 is 1.09 bits per heavy atom. The number of carbonyl (C=O) groups is 1. The molecule has 0 fully saturated rings. The minimum atomic E-state index is -6.00. The molecule has 0 aliphatic carbocycles. The number of nitrogens with zero attached hydrogens (tertiary/aromatic N) is 1. The van der Waals surface area contributed by atoms with E-state index >= 15 is 0 Å². The maximum Gasteiger partial charge on any atom is 0.673 e. The first kappa shape index (κ1) is 33.1. The molecule has 0 amide bonds. The van der Waals surface area contributed by atoms with Crippen molar-refractivity contribution in [1.29, 1.82) is 0 Å². The first-order valence-electron chi connectivity index (χ1n) is 12.4. The molecular weight excluding hydrogens is 421 g/mol. The van der Waals surface area contributed by atoms with Gasteiger partial charge < -0.3 is 26.5 Å². The van der Waals surface area contributed by atoms with Gasteiger partial charge in [-0.25, -0.2) is 4.79 Å². The minimum Gasteiger partial charge on any atom is -0.456 e. The second-order valence-electron chi connectivity index (χ2n) is 9.39. The Morgan fingerprint density at radius 1 is 0.750 bits per heavy atom. The van der Waals surface area contributed by atoms with E-state index in [1.807, 2.05) is 0 Å². The van der Waals surface area contributed by atoms with Crippen LogP contribution < -0.4 is 0 Å². The predicted molar refractivity (Wildman–Crippen MR) is 128 cm³/mol. The lowest BCUT2D eigenvalue weighted by Crippen LogP contribution is -2.43. The normalized spacial score (nSPS) is 11.6. The van der Waals surface area contributed by atoms with E-state index in [0.29, 0.717) is 12.2 Å². The Kier molecular flexibility index (Phi) is 21.3. The van der Waals surface area contributed by atoms with E-state index in [4.69, 9.17) is 4.74 Å². The smallest absolute Gasteiger partial charge is 0.456 e. The van der Waals surface area contributed by atoms with Crippen LogP contribution in [0.4, 0.5) is 17.3 Å². The maximum atomic E-state index is 11.4. The molecule has 0 radical (unpaired) electrons. The average Bonchev–Trinajstić information content (AvgIpc) is 2.66. The van der Waals surface area contributed by atoms with Crippen LogP contribution in [0.25, 0.3) is 0 Å². The molecule has 0 atom stereocenters. The van der Waals surface area contributed by atoms with Crippen LogP contribution in [0.2, 0.25) is 0 Å². The van der Waals surface area contributed by atoms with Crippen LogP contribution in [0.15, 0.2) is 12.2 Å².